The number of nitrogens with zero attached hydrogens (tertiary/aromatic N) is 2. The van der Waals surface area contributed by atoms with E-state index in [-0.39, 0.29) is 19.0 Å². The molecule has 2 unspecified atom stereocenters. The first-order valence-corrected chi connectivity index (χ1v) is 7.41. The number of aliphatic hydroxyl groups excluding tert-OH is 1. The van der Waals surface area contributed by atoms with Gasteiger partial charge in [-0.2, -0.15) is 0 Å². The predicted molar refractivity (Wildman–Crippen MR) is 73.4 cm³/mol. The third-order valence-electron chi connectivity index (χ3n) is 4.39. The number of rotatable bonds is 3. The number of hydrogen-bond acceptors (Lipinski definition) is 3. The van der Waals surface area contributed by atoms with Crippen LogP contribution in [0.15, 0.2) is 0 Å². The van der Waals surface area contributed by atoms with E-state index in [2.05, 4.69) is 0 Å². The summed E-state index contributed by atoms with van der Waals surface area (Å²) in [6, 6.07) is -1.18. The summed E-state index contributed by atoms with van der Waals surface area (Å²) in [7, 11) is 1.72. The third-order valence-corrected chi connectivity index (χ3v) is 4.39. The Labute approximate surface area is 119 Å². The fourth-order valence-electron chi connectivity index (χ4n) is 3.31. The first kappa shape index (κ1) is 15.1. The lowest BCUT2D eigenvalue weighted by Crippen LogP contribution is -2.48. The van der Waals surface area contributed by atoms with Crippen LogP contribution in [-0.4, -0.2) is 64.3 Å². The van der Waals surface area contributed by atoms with E-state index in [1.165, 1.54) is 24.2 Å². The van der Waals surface area contributed by atoms with Crippen LogP contribution in [0.4, 0.5) is 4.79 Å². The maximum Gasteiger partial charge on any atom is 0.326 e. The van der Waals surface area contributed by atoms with Crippen LogP contribution in [0.3, 0.4) is 0 Å². The van der Waals surface area contributed by atoms with Gasteiger partial charge in [0.25, 0.3) is 0 Å². The van der Waals surface area contributed by atoms with Crippen LogP contribution in [0.25, 0.3) is 0 Å². The molecule has 2 aliphatic rings. The zero-order valence-corrected chi connectivity index (χ0v) is 12.0. The van der Waals surface area contributed by atoms with E-state index in [9.17, 15) is 14.7 Å². The monoisotopic (exact) mass is 284 g/mol. The third kappa shape index (κ3) is 3.42. The van der Waals surface area contributed by atoms with Crippen LogP contribution >= 0.6 is 0 Å². The summed E-state index contributed by atoms with van der Waals surface area (Å²) in [5.41, 5.74) is 0. The second kappa shape index (κ2) is 6.43. The van der Waals surface area contributed by atoms with Gasteiger partial charge in [-0.1, -0.05) is 19.3 Å². The molecular formula is C14H24N2O4. The lowest BCUT2D eigenvalue weighted by atomic mass is 9.89. The van der Waals surface area contributed by atoms with E-state index >= 15 is 0 Å². The SMILES string of the molecule is CN(CC1CCCCC1)C(=O)N1CC(O)CC1C(=O)O. The minimum Gasteiger partial charge on any atom is -0.480 e. The summed E-state index contributed by atoms with van der Waals surface area (Å²) in [4.78, 5) is 26.4. The summed E-state index contributed by atoms with van der Waals surface area (Å²) in [5.74, 6) is -0.519. The highest BCUT2D eigenvalue weighted by Gasteiger charge is 2.40. The molecule has 0 spiro atoms. The number of β-amino-alcohol motifs (C(OH)–C–C–N with tert-alkyl or cyclic N) is 1. The van der Waals surface area contributed by atoms with Crippen molar-refractivity contribution in [1.29, 1.82) is 0 Å². The van der Waals surface area contributed by atoms with Gasteiger partial charge in [-0.15, -0.1) is 0 Å². The van der Waals surface area contributed by atoms with E-state index < -0.39 is 18.1 Å². The molecular weight excluding hydrogens is 260 g/mol. The van der Waals surface area contributed by atoms with Crippen molar-refractivity contribution in [2.45, 2.75) is 50.7 Å². The van der Waals surface area contributed by atoms with Crippen molar-refractivity contribution in [3.05, 3.63) is 0 Å². The highest BCUT2D eigenvalue weighted by molar-refractivity contribution is 5.83. The van der Waals surface area contributed by atoms with Crippen molar-refractivity contribution in [3.8, 4) is 0 Å². The van der Waals surface area contributed by atoms with Crippen molar-refractivity contribution in [2.75, 3.05) is 20.1 Å². The van der Waals surface area contributed by atoms with Gasteiger partial charge in [-0.3, -0.25) is 0 Å². The molecule has 114 valence electrons. The average molecular weight is 284 g/mol. The number of carbonyl (C=O) groups is 2. The van der Waals surface area contributed by atoms with E-state index in [4.69, 9.17) is 5.11 Å². The molecule has 20 heavy (non-hydrogen) atoms. The molecule has 6 nitrogen and oxygen atoms in total. The second-order valence-electron chi connectivity index (χ2n) is 6.06. The van der Waals surface area contributed by atoms with E-state index in [0.29, 0.717) is 12.5 Å². The minimum absolute atomic E-state index is 0.116. The normalized spacial score (nSPS) is 27.6. The van der Waals surface area contributed by atoms with Crippen LogP contribution in [0.1, 0.15) is 38.5 Å². The summed E-state index contributed by atoms with van der Waals surface area (Å²) in [6.45, 7) is 0.794. The number of aliphatic carboxylic acids is 1. The van der Waals surface area contributed by atoms with Crippen molar-refractivity contribution < 1.29 is 19.8 Å². The van der Waals surface area contributed by atoms with Gasteiger partial charge < -0.3 is 20.0 Å². The molecule has 1 heterocycles. The Kier molecular flexibility index (Phi) is 4.86. The molecule has 1 saturated carbocycles. The highest BCUT2D eigenvalue weighted by Crippen LogP contribution is 2.25. The molecule has 6 heteroatoms. The number of carboxylic acids is 1. The Bertz CT molecular complexity index is 368. The fraction of sp³-hybridized carbons (Fsp3) is 0.857. The number of carbonyl (C=O) groups excluding carboxylic acids is 1. The molecule has 2 amide bonds. The molecule has 0 bridgehead atoms. The molecule has 0 radical (unpaired) electrons. The number of hydrogen-bond donors (Lipinski definition) is 2. The fourth-order valence-corrected chi connectivity index (χ4v) is 3.31. The van der Waals surface area contributed by atoms with Gasteiger partial charge in [0.1, 0.15) is 6.04 Å². The number of likely N-dealkylation sites (tertiary alicyclic amines) is 1. The molecule has 0 aromatic rings. The Morgan fingerprint density at radius 1 is 1.25 bits per heavy atom. The molecule has 2 fully saturated rings. The Balaban J connectivity index is 1.93. The number of urea groups is 1. The zero-order chi connectivity index (χ0) is 14.7. The van der Waals surface area contributed by atoms with Crippen LogP contribution in [0, 0.1) is 5.92 Å². The summed E-state index contributed by atoms with van der Waals surface area (Å²) in [5, 5.41) is 18.7. The van der Waals surface area contributed by atoms with Gasteiger partial charge in [0.2, 0.25) is 0 Å². The average Bonchev–Trinajstić information content (AvgIpc) is 2.81. The largest absolute Gasteiger partial charge is 0.480 e. The van der Waals surface area contributed by atoms with Crippen molar-refractivity contribution in [3.63, 3.8) is 0 Å². The van der Waals surface area contributed by atoms with Crippen LogP contribution in [-0.2, 0) is 4.79 Å². The van der Waals surface area contributed by atoms with Crippen molar-refractivity contribution in [1.82, 2.24) is 9.80 Å². The number of amides is 2. The summed E-state index contributed by atoms with van der Waals surface area (Å²) < 4.78 is 0. The molecule has 0 aromatic heterocycles. The Morgan fingerprint density at radius 3 is 2.50 bits per heavy atom. The number of carboxylic acid groups (broad SMARTS) is 1. The van der Waals surface area contributed by atoms with Gasteiger partial charge >= 0.3 is 12.0 Å². The van der Waals surface area contributed by atoms with Gasteiger partial charge in [0.05, 0.1) is 6.10 Å². The summed E-state index contributed by atoms with van der Waals surface area (Å²) in [6.07, 6.45) is 5.37. The molecule has 1 aliphatic heterocycles. The Hall–Kier alpha value is -1.30. The van der Waals surface area contributed by atoms with E-state index in [0.717, 1.165) is 12.8 Å². The van der Waals surface area contributed by atoms with Crippen molar-refractivity contribution >= 4 is 12.0 Å². The van der Waals surface area contributed by atoms with Gasteiger partial charge in [0.15, 0.2) is 0 Å². The Morgan fingerprint density at radius 2 is 1.90 bits per heavy atom. The molecule has 2 atom stereocenters. The zero-order valence-electron chi connectivity index (χ0n) is 12.0. The minimum atomic E-state index is -1.04. The number of aliphatic hydroxyl groups is 1. The first-order valence-electron chi connectivity index (χ1n) is 7.41. The molecule has 0 aromatic carbocycles. The molecule has 1 aliphatic carbocycles. The van der Waals surface area contributed by atoms with Crippen LogP contribution in [0.2, 0.25) is 0 Å². The second-order valence-corrected chi connectivity index (χ2v) is 6.06. The predicted octanol–water partition coefficient (Wildman–Crippen LogP) is 1.14. The van der Waals surface area contributed by atoms with Gasteiger partial charge in [0, 0.05) is 26.6 Å². The lowest BCUT2D eigenvalue weighted by Gasteiger charge is -2.31. The quantitative estimate of drug-likeness (QED) is 0.814. The standard InChI is InChI=1S/C14H24N2O4/c1-15(8-10-5-3-2-4-6-10)14(20)16-9-11(17)7-12(16)13(18)19/h10-12,17H,2-9H2,1H3,(H,18,19). The van der Waals surface area contributed by atoms with Crippen LogP contribution < -0.4 is 0 Å². The van der Waals surface area contributed by atoms with E-state index in [1.807, 2.05) is 0 Å². The summed E-state index contributed by atoms with van der Waals surface area (Å²) >= 11 is 0. The topological polar surface area (TPSA) is 81.1 Å². The first-order chi connectivity index (χ1) is 9.49. The highest BCUT2D eigenvalue weighted by atomic mass is 16.4. The molecule has 1 saturated heterocycles. The van der Waals surface area contributed by atoms with Crippen molar-refractivity contribution in [2.24, 2.45) is 5.92 Å². The maximum atomic E-state index is 12.4. The van der Waals surface area contributed by atoms with E-state index in [1.54, 1.807) is 11.9 Å². The van der Waals surface area contributed by atoms with Crippen LogP contribution in [0.5, 0.6) is 0 Å². The molecule has 2 N–H and O–H groups in total. The van der Waals surface area contributed by atoms with Gasteiger partial charge in [-0.05, 0) is 18.8 Å². The maximum absolute atomic E-state index is 12.4. The smallest absolute Gasteiger partial charge is 0.326 e. The molecule has 2 rings (SSSR count). The van der Waals surface area contributed by atoms with Gasteiger partial charge in [-0.25, -0.2) is 9.59 Å². The lowest BCUT2D eigenvalue weighted by molar-refractivity contribution is -0.141.